The molecule has 0 saturated carbocycles. The Bertz CT molecular complexity index is 163. The van der Waals surface area contributed by atoms with Crippen LogP contribution in [0.25, 0.3) is 0 Å². The summed E-state index contributed by atoms with van der Waals surface area (Å²) in [6.07, 6.45) is 4.96. The third-order valence-electron chi connectivity index (χ3n) is 2.22. The number of nitrogens with zero attached hydrogens (tertiary/aromatic N) is 1. The molecule has 0 aromatic rings. The van der Waals surface area contributed by atoms with Crippen molar-refractivity contribution in [3.05, 3.63) is 0 Å². The standard InChI is InChI=1S/C10H17N/c1-3-4-7-10-8-5-6-9-11(10)2/h10H,3,5-6,8-9H2,1-2H3. The van der Waals surface area contributed by atoms with Gasteiger partial charge < -0.3 is 0 Å². The first-order valence-corrected chi connectivity index (χ1v) is 4.53. The van der Waals surface area contributed by atoms with E-state index in [0.29, 0.717) is 6.04 Å². The molecular formula is C10H17N. The Kier molecular flexibility index (Phi) is 3.45. The molecule has 1 heterocycles. The lowest BCUT2D eigenvalue weighted by Crippen LogP contribution is -2.34. The fraction of sp³-hybridized carbons (Fsp3) is 0.800. The fourth-order valence-electron chi connectivity index (χ4n) is 1.48. The summed E-state index contributed by atoms with van der Waals surface area (Å²) >= 11 is 0. The van der Waals surface area contributed by atoms with E-state index in [9.17, 15) is 0 Å². The molecule has 0 N–H and O–H groups in total. The second kappa shape index (κ2) is 4.41. The second-order valence-corrected chi connectivity index (χ2v) is 3.17. The average molecular weight is 151 g/mol. The van der Waals surface area contributed by atoms with Crippen LogP contribution in [0, 0.1) is 11.8 Å². The molecule has 0 radical (unpaired) electrons. The van der Waals surface area contributed by atoms with E-state index in [2.05, 4.69) is 30.7 Å². The molecular weight excluding hydrogens is 134 g/mol. The van der Waals surface area contributed by atoms with Crippen molar-refractivity contribution in [3.8, 4) is 11.8 Å². The van der Waals surface area contributed by atoms with Gasteiger partial charge in [0.2, 0.25) is 0 Å². The van der Waals surface area contributed by atoms with Crippen LogP contribution in [0.1, 0.15) is 32.6 Å². The molecule has 0 aliphatic carbocycles. The molecule has 0 spiro atoms. The number of likely N-dealkylation sites (tertiary alicyclic amines) is 1. The van der Waals surface area contributed by atoms with Crippen molar-refractivity contribution in [2.24, 2.45) is 0 Å². The van der Waals surface area contributed by atoms with Crippen molar-refractivity contribution in [1.82, 2.24) is 4.90 Å². The third-order valence-corrected chi connectivity index (χ3v) is 2.22. The smallest absolute Gasteiger partial charge is 0.0712 e. The first kappa shape index (κ1) is 8.62. The van der Waals surface area contributed by atoms with Gasteiger partial charge in [-0.05, 0) is 32.9 Å². The number of hydrogen-bond donors (Lipinski definition) is 0. The highest BCUT2D eigenvalue weighted by Crippen LogP contribution is 2.13. The molecule has 0 bridgehead atoms. The van der Waals surface area contributed by atoms with E-state index in [4.69, 9.17) is 0 Å². The second-order valence-electron chi connectivity index (χ2n) is 3.17. The van der Waals surface area contributed by atoms with Crippen LogP contribution in [-0.4, -0.2) is 24.5 Å². The van der Waals surface area contributed by atoms with Gasteiger partial charge >= 0.3 is 0 Å². The van der Waals surface area contributed by atoms with Crippen LogP contribution in [0.5, 0.6) is 0 Å². The van der Waals surface area contributed by atoms with Crippen LogP contribution >= 0.6 is 0 Å². The molecule has 1 nitrogen and oxygen atoms in total. The first-order valence-electron chi connectivity index (χ1n) is 4.53. The minimum Gasteiger partial charge on any atom is -0.293 e. The van der Waals surface area contributed by atoms with E-state index >= 15 is 0 Å². The van der Waals surface area contributed by atoms with Crippen molar-refractivity contribution >= 4 is 0 Å². The quantitative estimate of drug-likeness (QED) is 0.478. The summed E-state index contributed by atoms with van der Waals surface area (Å²) in [6, 6.07) is 0.545. The molecule has 1 saturated heterocycles. The normalized spacial score (nSPS) is 25.8. The largest absolute Gasteiger partial charge is 0.293 e. The molecule has 1 fully saturated rings. The SMILES string of the molecule is CCC#CC1CCCCN1C. The van der Waals surface area contributed by atoms with Gasteiger partial charge in [-0.1, -0.05) is 12.8 Å². The fourth-order valence-corrected chi connectivity index (χ4v) is 1.48. The number of rotatable bonds is 0. The van der Waals surface area contributed by atoms with Gasteiger partial charge in [0.25, 0.3) is 0 Å². The van der Waals surface area contributed by atoms with Crippen molar-refractivity contribution in [3.63, 3.8) is 0 Å². The maximum atomic E-state index is 3.30. The molecule has 1 aliphatic rings. The van der Waals surface area contributed by atoms with Gasteiger partial charge in [0.15, 0.2) is 0 Å². The minimum atomic E-state index is 0.545. The zero-order chi connectivity index (χ0) is 8.10. The molecule has 0 aromatic heterocycles. The monoisotopic (exact) mass is 151 g/mol. The maximum absolute atomic E-state index is 3.30. The van der Waals surface area contributed by atoms with Gasteiger partial charge in [0.1, 0.15) is 0 Å². The Balaban J connectivity index is 2.41. The molecule has 0 amide bonds. The predicted molar refractivity (Wildman–Crippen MR) is 48.3 cm³/mol. The van der Waals surface area contributed by atoms with Crippen LogP contribution in [0.15, 0.2) is 0 Å². The Labute approximate surface area is 69.8 Å². The van der Waals surface area contributed by atoms with Crippen LogP contribution in [0.2, 0.25) is 0 Å². The Morgan fingerprint density at radius 3 is 2.91 bits per heavy atom. The highest BCUT2D eigenvalue weighted by molar-refractivity contribution is 5.08. The molecule has 1 unspecified atom stereocenters. The zero-order valence-electron chi connectivity index (χ0n) is 7.56. The van der Waals surface area contributed by atoms with Crippen LogP contribution in [0.3, 0.4) is 0 Å². The van der Waals surface area contributed by atoms with Gasteiger partial charge in [-0.25, -0.2) is 0 Å². The van der Waals surface area contributed by atoms with Gasteiger partial charge in [0, 0.05) is 6.42 Å². The van der Waals surface area contributed by atoms with E-state index < -0.39 is 0 Å². The summed E-state index contributed by atoms with van der Waals surface area (Å²) in [5.74, 6) is 6.45. The lowest BCUT2D eigenvalue weighted by atomic mass is 10.0. The van der Waals surface area contributed by atoms with Crippen molar-refractivity contribution < 1.29 is 0 Å². The van der Waals surface area contributed by atoms with Crippen molar-refractivity contribution in [1.29, 1.82) is 0 Å². The summed E-state index contributed by atoms with van der Waals surface area (Å²) < 4.78 is 0. The van der Waals surface area contributed by atoms with Crippen LogP contribution < -0.4 is 0 Å². The van der Waals surface area contributed by atoms with Crippen molar-refractivity contribution in [2.75, 3.05) is 13.6 Å². The Hall–Kier alpha value is -0.480. The summed E-state index contributed by atoms with van der Waals surface area (Å²) in [7, 11) is 2.17. The van der Waals surface area contributed by atoms with E-state index in [1.165, 1.54) is 25.8 Å². The molecule has 1 heteroatoms. The maximum Gasteiger partial charge on any atom is 0.0712 e. The van der Waals surface area contributed by atoms with E-state index in [0.717, 1.165) is 6.42 Å². The van der Waals surface area contributed by atoms with E-state index in [-0.39, 0.29) is 0 Å². The number of hydrogen-bond acceptors (Lipinski definition) is 1. The zero-order valence-corrected chi connectivity index (χ0v) is 7.56. The molecule has 1 aliphatic heterocycles. The highest BCUT2D eigenvalue weighted by Gasteiger charge is 2.15. The van der Waals surface area contributed by atoms with Crippen LogP contribution in [0.4, 0.5) is 0 Å². The van der Waals surface area contributed by atoms with Crippen molar-refractivity contribution in [2.45, 2.75) is 38.6 Å². The van der Waals surface area contributed by atoms with Gasteiger partial charge in [-0.3, -0.25) is 4.90 Å². The summed E-state index contributed by atoms with van der Waals surface area (Å²) in [5, 5.41) is 0. The summed E-state index contributed by atoms with van der Waals surface area (Å²) in [6.45, 7) is 3.33. The Morgan fingerprint density at radius 2 is 2.27 bits per heavy atom. The lowest BCUT2D eigenvalue weighted by molar-refractivity contribution is 0.229. The molecule has 11 heavy (non-hydrogen) atoms. The third kappa shape index (κ3) is 2.55. The molecule has 0 aromatic carbocycles. The van der Waals surface area contributed by atoms with E-state index in [1.807, 2.05) is 0 Å². The summed E-state index contributed by atoms with van der Waals surface area (Å²) in [4.78, 5) is 2.37. The van der Waals surface area contributed by atoms with E-state index in [1.54, 1.807) is 0 Å². The van der Waals surface area contributed by atoms with Crippen LogP contribution in [-0.2, 0) is 0 Å². The summed E-state index contributed by atoms with van der Waals surface area (Å²) in [5.41, 5.74) is 0. The Morgan fingerprint density at radius 1 is 1.45 bits per heavy atom. The molecule has 1 rings (SSSR count). The van der Waals surface area contributed by atoms with Gasteiger partial charge in [-0.15, -0.1) is 5.92 Å². The van der Waals surface area contributed by atoms with Gasteiger partial charge in [-0.2, -0.15) is 0 Å². The first-order chi connectivity index (χ1) is 5.34. The highest BCUT2D eigenvalue weighted by atomic mass is 15.1. The average Bonchev–Trinajstić information content (AvgIpc) is 2.03. The predicted octanol–water partition coefficient (Wildman–Crippen LogP) is 1.88. The topological polar surface area (TPSA) is 3.24 Å². The lowest BCUT2D eigenvalue weighted by Gasteiger charge is -2.28. The molecule has 1 atom stereocenters. The minimum absolute atomic E-state index is 0.545. The number of piperidine rings is 1. The molecule has 62 valence electrons. The van der Waals surface area contributed by atoms with Gasteiger partial charge in [0.05, 0.1) is 6.04 Å².